The van der Waals surface area contributed by atoms with Crippen LogP contribution in [0.1, 0.15) is 27.6 Å². The molecule has 2 aromatic rings. The third-order valence-electron chi connectivity index (χ3n) is 2.85. The van der Waals surface area contributed by atoms with Gasteiger partial charge in [0.05, 0.1) is 11.3 Å². The van der Waals surface area contributed by atoms with Gasteiger partial charge in [-0.25, -0.2) is 4.79 Å². The highest BCUT2D eigenvalue weighted by Crippen LogP contribution is 2.29. The first-order valence-electron chi connectivity index (χ1n) is 5.56. The second-order valence-electron chi connectivity index (χ2n) is 4.07. The number of nitrogens with two attached hydrogens (primary N) is 1. The second-order valence-corrected chi connectivity index (χ2v) is 4.98. The lowest BCUT2D eigenvalue weighted by Crippen LogP contribution is -2.09. The number of halogens is 1. The number of para-hydroxylation sites is 1. The number of carboxylic acids is 1. The van der Waals surface area contributed by atoms with Gasteiger partial charge >= 0.3 is 5.97 Å². The molecule has 0 aliphatic heterocycles. The molecule has 0 aliphatic rings. The summed E-state index contributed by atoms with van der Waals surface area (Å²) in [5.74, 6) is -1.11. The number of aliphatic hydroxyl groups excluding tert-OH is 1. The van der Waals surface area contributed by atoms with Gasteiger partial charge in [-0.2, -0.15) is 0 Å². The Kier molecular flexibility index (Phi) is 3.87. The molecular weight excluding hydrogens is 310 g/mol. The number of aromatic carboxylic acids is 1. The van der Waals surface area contributed by atoms with Gasteiger partial charge in [0.15, 0.2) is 0 Å². The van der Waals surface area contributed by atoms with Crippen molar-refractivity contribution in [2.45, 2.75) is 6.10 Å². The van der Waals surface area contributed by atoms with Gasteiger partial charge in [-0.05, 0) is 23.8 Å². The van der Waals surface area contributed by atoms with Crippen LogP contribution in [0.5, 0.6) is 0 Å². The summed E-state index contributed by atoms with van der Waals surface area (Å²) in [6, 6.07) is 11.7. The summed E-state index contributed by atoms with van der Waals surface area (Å²) in [7, 11) is 0. The van der Waals surface area contributed by atoms with Gasteiger partial charge in [0.25, 0.3) is 0 Å². The molecule has 1 unspecified atom stereocenters. The maximum Gasteiger partial charge on any atom is 0.337 e. The monoisotopic (exact) mass is 321 g/mol. The number of anilines is 1. The van der Waals surface area contributed by atoms with Crippen molar-refractivity contribution >= 4 is 27.6 Å². The first kappa shape index (κ1) is 13.6. The second kappa shape index (κ2) is 5.42. The predicted octanol–water partition coefficient (Wildman–Crippen LogP) is 2.81. The Hall–Kier alpha value is -1.85. The summed E-state index contributed by atoms with van der Waals surface area (Å²) >= 11 is 3.31. The molecule has 0 heterocycles. The lowest BCUT2D eigenvalue weighted by molar-refractivity contribution is 0.0698. The Morgan fingerprint density at radius 1 is 1.16 bits per heavy atom. The minimum Gasteiger partial charge on any atom is -0.478 e. The normalized spacial score (nSPS) is 12.1. The van der Waals surface area contributed by atoms with E-state index in [1.54, 1.807) is 36.4 Å². The van der Waals surface area contributed by atoms with Crippen LogP contribution in [0.15, 0.2) is 46.9 Å². The molecule has 98 valence electrons. The van der Waals surface area contributed by atoms with Gasteiger partial charge in [0.2, 0.25) is 0 Å². The molecule has 0 saturated heterocycles. The summed E-state index contributed by atoms with van der Waals surface area (Å²) in [5.41, 5.74) is 6.93. The highest BCUT2D eigenvalue weighted by Gasteiger charge is 2.17. The van der Waals surface area contributed by atoms with E-state index >= 15 is 0 Å². The van der Waals surface area contributed by atoms with Crippen molar-refractivity contribution in [1.29, 1.82) is 0 Å². The minimum atomic E-state index is -1.11. The van der Waals surface area contributed by atoms with Crippen LogP contribution in [0.2, 0.25) is 0 Å². The molecule has 0 fully saturated rings. The zero-order valence-corrected chi connectivity index (χ0v) is 11.5. The van der Waals surface area contributed by atoms with E-state index in [9.17, 15) is 9.90 Å². The smallest absolute Gasteiger partial charge is 0.337 e. The Morgan fingerprint density at radius 2 is 1.79 bits per heavy atom. The molecule has 0 bridgehead atoms. The zero-order chi connectivity index (χ0) is 14.0. The van der Waals surface area contributed by atoms with E-state index < -0.39 is 12.1 Å². The summed E-state index contributed by atoms with van der Waals surface area (Å²) in [6.07, 6.45) is -0.951. The van der Waals surface area contributed by atoms with Crippen LogP contribution in [0, 0.1) is 0 Å². The van der Waals surface area contributed by atoms with Crippen molar-refractivity contribution in [3.63, 3.8) is 0 Å². The van der Waals surface area contributed by atoms with Gasteiger partial charge in [0.1, 0.15) is 6.10 Å². The molecule has 0 aromatic heterocycles. The molecule has 4 N–H and O–H groups in total. The van der Waals surface area contributed by atoms with Crippen LogP contribution in [0.25, 0.3) is 0 Å². The van der Waals surface area contributed by atoms with Crippen LogP contribution >= 0.6 is 15.9 Å². The van der Waals surface area contributed by atoms with E-state index in [2.05, 4.69) is 15.9 Å². The fraction of sp³-hybridized carbons (Fsp3) is 0.0714. The Morgan fingerprint density at radius 3 is 2.37 bits per heavy atom. The van der Waals surface area contributed by atoms with Gasteiger partial charge in [-0.15, -0.1) is 0 Å². The van der Waals surface area contributed by atoms with Crippen molar-refractivity contribution in [2.75, 3.05) is 5.73 Å². The number of carboxylic acid groups (broad SMARTS) is 1. The molecule has 19 heavy (non-hydrogen) atoms. The number of aliphatic hydroxyl groups is 1. The largest absolute Gasteiger partial charge is 0.478 e. The number of benzene rings is 2. The standard InChI is InChI=1S/C14H12BrNO3/c15-9-6-4-8(5-7-9)13(17)10-2-1-3-11(12(10)16)14(18)19/h1-7,13,17H,16H2,(H,18,19). The first-order chi connectivity index (χ1) is 9.00. The van der Waals surface area contributed by atoms with E-state index in [4.69, 9.17) is 10.8 Å². The van der Waals surface area contributed by atoms with E-state index in [1.165, 1.54) is 6.07 Å². The van der Waals surface area contributed by atoms with Crippen molar-refractivity contribution in [3.05, 3.63) is 63.6 Å². The molecule has 0 spiro atoms. The van der Waals surface area contributed by atoms with Gasteiger partial charge in [-0.3, -0.25) is 0 Å². The van der Waals surface area contributed by atoms with Crippen molar-refractivity contribution in [2.24, 2.45) is 0 Å². The van der Waals surface area contributed by atoms with Crippen molar-refractivity contribution in [1.82, 2.24) is 0 Å². The molecule has 1 atom stereocenters. The minimum absolute atomic E-state index is 0.00587. The quantitative estimate of drug-likeness (QED) is 0.759. The lowest BCUT2D eigenvalue weighted by Gasteiger charge is -2.15. The third-order valence-corrected chi connectivity index (χ3v) is 3.38. The number of nitrogen functional groups attached to an aromatic ring is 1. The number of rotatable bonds is 3. The SMILES string of the molecule is Nc1c(C(=O)O)cccc1C(O)c1ccc(Br)cc1. The fourth-order valence-electron chi connectivity index (χ4n) is 1.83. The van der Waals surface area contributed by atoms with Gasteiger partial charge in [0, 0.05) is 10.0 Å². The average Bonchev–Trinajstić information content (AvgIpc) is 2.38. The van der Waals surface area contributed by atoms with Gasteiger partial charge < -0.3 is 15.9 Å². The maximum atomic E-state index is 11.0. The topological polar surface area (TPSA) is 83.6 Å². The van der Waals surface area contributed by atoms with Crippen LogP contribution in [-0.4, -0.2) is 16.2 Å². The van der Waals surface area contributed by atoms with E-state index in [0.717, 1.165) is 4.47 Å². The van der Waals surface area contributed by atoms with Crippen LogP contribution in [0.3, 0.4) is 0 Å². The first-order valence-corrected chi connectivity index (χ1v) is 6.35. The molecule has 2 aromatic carbocycles. The Balaban J connectivity index is 2.44. The lowest BCUT2D eigenvalue weighted by atomic mass is 9.97. The average molecular weight is 322 g/mol. The van der Waals surface area contributed by atoms with E-state index in [1.807, 2.05) is 0 Å². The number of hydrogen-bond donors (Lipinski definition) is 3. The molecular formula is C14H12BrNO3. The predicted molar refractivity (Wildman–Crippen MR) is 76.0 cm³/mol. The Bertz CT molecular complexity index is 611. The highest BCUT2D eigenvalue weighted by molar-refractivity contribution is 9.10. The van der Waals surface area contributed by atoms with Crippen molar-refractivity contribution in [3.8, 4) is 0 Å². The molecule has 0 aliphatic carbocycles. The van der Waals surface area contributed by atoms with E-state index in [0.29, 0.717) is 11.1 Å². The molecule has 4 nitrogen and oxygen atoms in total. The third kappa shape index (κ3) is 2.77. The maximum absolute atomic E-state index is 11.0. The van der Waals surface area contributed by atoms with Crippen molar-refractivity contribution < 1.29 is 15.0 Å². The van der Waals surface area contributed by atoms with Crippen LogP contribution in [-0.2, 0) is 0 Å². The summed E-state index contributed by atoms with van der Waals surface area (Å²) in [5, 5.41) is 19.3. The van der Waals surface area contributed by atoms with E-state index in [-0.39, 0.29) is 11.3 Å². The number of carbonyl (C=O) groups is 1. The summed E-state index contributed by atoms with van der Waals surface area (Å²) < 4.78 is 0.899. The van der Waals surface area contributed by atoms with Gasteiger partial charge in [-0.1, -0.05) is 40.2 Å². The molecule has 0 radical (unpaired) electrons. The number of hydrogen-bond acceptors (Lipinski definition) is 3. The Labute approximate surface area is 118 Å². The molecule has 0 saturated carbocycles. The van der Waals surface area contributed by atoms with Crippen LogP contribution in [0.4, 0.5) is 5.69 Å². The van der Waals surface area contributed by atoms with Crippen LogP contribution < -0.4 is 5.73 Å². The zero-order valence-electron chi connectivity index (χ0n) is 9.88. The summed E-state index contributed by atoms with van der Waals surface area (Å²) in [6.45, 7) is 0. The molecule has 2 rings (SSSR count). The molecule has 0 amide bonds. The molecule has 5 heteroatoms. The fourth-order valence-corrected chi connectivity index (χ4v) is 2.10. The summed E-state index contributed by atoms with van der Waals surface area (Å²) in [4.78, 5) is 11.0. The highest BCUT2D eigenvalue weighted by atomic mass is 79.9.